The van der Waals surface area contributed by atoms with Gasteiger partial charge in [0, 0.05) is 49.5 Å². The van der Waals surface area contributed by atoms with Gasteiger partial charge in [-0.1, -0.05) is 38.0 Å². The Bertz CT molecular complexity index is 723. The Morgan fingerprint density at radius 3 is 2.74 bits per heavy atom. The lowest BCUT2D eigenvalue weighted by Gasteiger charge is -2.18. The second-order valence-electron chi connectivity index (χ2n) is 7.20. The third-order valence-electron chi connectivity index (χ3n) is 4.95. The molecule has 5 heteroatoms. The van der Waals surface area contributed by atoms with Crippen molar-refractivity contribution < 1.29 is 9.59 Å². The summed E-state index contributed by atoms with van der Waals surface area (Å²) in [7, 11) is 0. The molecule has 0 spiro atoms. The van der Waals surface area contributed by atoms with E-state index < -0.39 is 0 Å². The predicted molar refractivity (Wildman–Crippen MR) is 111 cm³/mol. The van der Waals surface area contributed by atoms with Gasteiger partial charge in [0.15, 0.2) is 0 Å². The Kier molecular flexibility index (Phi) is 9.05. The first kappa shape index (κ1) is 21.2. The summed E-state index contributed by atoms with van der Waals surface area (Å²) in [4.78, 5) is 26.1. The second kappa shape index (κ2) is 11.5. The molecular formula is C22H33N3O2. The number of hydrogen-bond donors (Lipinski definition) is 3. The summed E-state index contributed by atoms with van der Waals surface area (Å²) in [6, 6.07) is 8.48. The van der Waals surface area contributed by atoms with E-state index in [2.05, 4.69) is 40.0 Å². The molecule has 5 nitrogen and oxygen atoms in total. The van der Waals surface area contributed by atoms with E-state index in [1.54, 1.807) is 6.92 Å². The topological polar surface area (TPSA) is 74.0 Å². The largest absolute Gasteiger partial charge is 0.361 e. The van der Waals surface area contributed by atoms with Crippen molar-refractivity contribution in [3.8, 4) is 0 Å². The monoisotopic (exact) mass is 371 g/mol. The first-order valence-electron chi connectivity index (χ1n) is 10.1. The summed E-state index contributed by atoms with van der Waals surface area (Å²) in [5, 5.41) is 7.80. The van der Waals surface area contributed by atoms with Crippen molar-refractivity contribution in [2.75, 3.05) is 13.1 Å². The molecule has 0 fully saturated rings. The molecule has 148 valence electrons. The first-order chi connectivity index (χ1) is 13.1. The molecule has 0 aliphatic carbocycles. The summed E-state index contributed by atoms with van der Waals surface area (Å²) in [5.74, 6) is 0.354. The molecule has 2 aromatic rings. The van der Waals surface area contributed by atoms with Crippen molar-refractivity contribution in [3.63, 3.8) is 0 Å². The second-order valence-corrected chi connectivity index (χ2v) is 7.20. The van der Waals surface area contributed by atoms with Crippen molar-refractivity contribution in [2.45, 2.75) is 64.8 Å². The molecule has 0 radical (unpaired) electrons. The van der Waals surface area contributed by atoms with Crippen LogP contribution < -0.4 is 10.6 Å². The van der Waals surface area contributed by atoms with Crippen LogP contribution in [-0.2, 0) is 16.0 Å². The molecule has 27 heavy (non-hydrogen) atoms. The average molecular weight is 372 g/mol. The first-order valence-corrected chi connectivity index (χ1v) is 10.1. The summed E-state index contributed by atoms with van der Waals surface area (Å²) >= 11 is 0. The fourth-order valence-electron chi connectivity index (χ4n) is 3.42. The lowest BCUT2D eigenvalue weighted by atomic mass is 10.0. The number of H-pyrrole nitrogens is 1. The number of rotatable bonds is 13. The molecule has 3 N–H and O–H groups in total. The lowest BCUT2D eigenvalue weighted by Crippen LogP contribution is -2.41. The van der Waals surface area contributed by atoms with E-state index in [-0.39, 0.29) is 11.9 Å². The molecule has 0 unspecified atom stereocenters. The van der Waals surface area contributed by atoms with Crippen molar-refractivity contribution in [1.29, 1.82) is 0 Å². The van der Waals surface area contributed by atoms with Crippen LogP contribution in [0.4, 0.5) is 0 Å². The minimum Gasteiger partial charge on any atom is -0.361 e. The molecule has 0 bridgehead atoms. The Morgan fingerprint density at radius 2 is 1.96 bits per heavy atom. The number of fused-ring (bicyclic) bond motifs is 1. The van der Waals surface area contributed by atoms with Gasteiger partial charge in [-0.05, 0) is 37.4 Å². The van der Waals surface area contributed by atoms with Gasteiger partial charge < -0.3 is 15.6 Å². The summed E-state index contributed by atoms with van der Waals surface area (Å²) < 4.78 is 0. The Hall–Kier alpha value is -2.14. The smallest absolute Gasteiger partial charge is 0.217 e. The molecule has 1 heterocycles. The van der Waals surface area contributed by atoms with E-state index in [4.69, 9.17) is 0 Å². The van der Waals surface area contributed by atoms with Gasteiger partial charge in [-0.3, -0.25) is 9.59 Å². The van der Waals surface area contributed by atoms with Crippen LogP contribution in [0.5, 0.6) is 0 Å². The zero-order chi connectivity index (χ0) is 19.5. The SMILES string of the molecule is CCC(=O)CCCCC[C@@H](CNCCc1c[nH]c2ccccc12)NC(C)=O. The van der Waals surface area contributed by atoms with E-state index in [1.165, 1.54) is 16.5 Å². The standard InChI is InChI=1S/C22H33N3O2/c1-3-20(27)10-6-4-5-9-19(25-17(2)26)16-23-14-13-18-15-24-22-12-8-7-11-21(18)22/h7-8,11-12,15,19,23-24H,3-6,9-10,13-14,16H2,1-2H3,(H,25,26)/t19-/m0/s1. The third kappa shape index (κ3) is 7.55. The summed E-state index contributed by atoms with van der Waals surface area (Å²) in [6.45, 7) is 5.13. The molecule has 0 aliphatic rings. The molecular weight excluding hydrogens is 338 g/mol. The number of aromatic amines is 1. The van der Waals surface area contributed by atoms with Crippen LogP contribution in [-0.4, -0.2) is 35.8 Å². The quantitative estimate of drug-likeness (QED) is 0.470. The number of para-hydroxylation sites is 1. The van der Waals surface area contributed by atoms with Gasteiger partial charge in [0.25, 0.3) is 0 Å². The van der Waals surface area contributed by atoms with Crippen LogP contribution in [0, 0.1) is 0 Å². The number of ketones is 1. The number of hydrogen-bond acceptors (Lipinski definition) is 3. The number of carbonyl (C=O) groups is 2. The van der Waals surface area contributed by atoms with Crippen LogP contribution in [0.1, 0.15) is 57.9 Å². The highest BCUT2D eigenvalue weighted by Gasteiger charge is 2.10. The predicted octanol–water partition coefficient (Wildman–Crippen LogP) is 3.73. The maximum absolute atomic E-state index is 11.4. The van der Waals surface area contributed by atoms with Gasteiger partial charge in [0.1, 0.15) is 5.78 Å². The third-order valence-corrected chi connectivity index (χ3v) is 4.95. The van der Waals surface area contributed by atoms with Crippen molar-refractivity contribution >= 4 is 22.6 Å². The van der Waals surface area contributed by atoms with E-state index in [0.29, 0.717) is 18.6 Å². The molecule has 1 amide bonds. The fraction of sp³-hybridized carbons (Fsp3) is 0.545. The molecule has 0 saturated carbocycles. The number of Topliss-reactive ketones (excluding diaryl/α,β-unsaturated/α-hetero) is 1. The van der Waals surface area contributed by atoms with Crippen LogP contribution in [0.25, 0.3) is 10.9 Å². The van der Waals surface area contributed by atoms with Crippen LogP contribution in [0.2, 0.25) is 0 Å². The molecule has 0 aliphatic heterocycles. The van der Waals surface area contributed by atoms with Crippen LogP contribution >= 0.6 is 0 Å². The number of benzene rings is 1. The highest BCUT2D eigenvalue weighted by Crippen LogP contribution is 2.17. The number of carbonyl (C=O) groups excluding carboxylic acids is 2. The highest BCUT2D eigenvalue weighted by molar-refractivity contribution is 5.83. The van der Waals surface area contributed by atoms with Gasteiger partial charge in [-0.15, -0.1) is 0 Å². The Labute approximate surface area is 162 Å². The van der Waals surface area contributed by atoms with E-state index in [0.717, 1.165) is 45.2 Å². The molecule has 2 rings (SSSR count). The molecule has 0 saturated heterocycles. The zero-order valence-corrected chi connectivity index (χ0v) is 16.6. The number of nitrogens with one attached hydrogen (secondary N) is 3. The van der Waals surface area contributed by atoms with Gasteiger partial charge in [-0.25, -0.2) is 0 Å². The van der Waals surface area contributed by atoms with E-state index in [9.17, 15) is 9.59 Å². The van der Waals surface area contributed by atoms with Gasteiger partial charge >= 0.3 is 0 Å². The van der Waals surface area contributed by atoms with Crippen LogP contribution in [0.3, 0.4) is 0 Å². The lowest BCUT2D eigenvalue weighted by molar-refractivity contribution is -0.120. The number of unbranched alkanes of at least 4 members (excludes halogenated alkanes) is 2. The van der Waals surface area contributed by atoms with Crippen molar-refractivity contribution in [3.05, 3.63) is 36.0 Å². The Balaban J connectivity index is 1.69. The van der Waals surface area contributed by atoms with Gasteiger partial charge in [0.05, 0.1) is 0 Å². The van der Waals surface area contributed by atoms with Gasteiger partial charge in [0.2, 0.25) is 5.91 Å². The molecule has 1 atom stereocenters. The zero-order valence-electron chi connectivity index (χ0n) is 16.6. The highest BCUT2D eigenvalue weighted by atomic mass is 16.1. The van der Waals surface area contributed by atoms with Crippen molar-refractivity contribution in [1.82, 2.24) is 15.6 Å². The number of amides is 1. The summed E-state index contributed by atoms with van der Waals surface area (Å²) in [6.07, 6.45) is 8.32. The molecule has 1 aromatic heterocycles. The minimum atomic E-state index is 0.0135. The fourth-order valence-corrected chi connectivity index (χ4v) is 3.42. The van der Waals surface area contributed by atoms with Gasteiger partial charge in [-0.2, -0.15) is 0 Å². The van der Waals surface area contributed by atoms with Crippen LogP contribution in [0.15, 0.2) is 30.5 Å². The maximum Gasteiger partial charge on any atom is 0.217 e. The van der Waals surface area contributed by atoms with E-state index >= 15 is 0 Å². The molecule has 1 aromatic carbocycles. The average Bonchev–Trinajstić information content (AvgIpc) is 3.07. The van der Waals surface area contributed by atoms with E-state index in [1.807, 2.05) is 13.0 Å². The minimum absolute atomic E-state index is 0.0135. The normalized spacial score (nSPS) is 12.2. The maximum atomic E-state index is 11.4. The summed E-state index contributed by atoms with van der Waals surface area (Å²) in [5.41, 5.74) is 2.49. The number of aromatic nitrogens is 1. The Morgan fingerprint density at radius 1 is 1.15 bits per heavy atom. The van der Waals surface area contributed by atoms with Crippen molar-refractivity contribution in [2.24, 2.45) is 0 Å².